The predicted molar refractivity (Wildman–Crippen MR) is 180 cm³/mol. The molecule has 0 spiro atoms. The van der Waals surface area contributed by atoms with Gasteiger partial charge >= 0.3 is 29.6 Å². The number of carboxylic acids is 1. The number of thiophene rings is 1. The second-order valence-corrected chi connectivity index (χ2v) is 13.5. The molecule has 2 atom stereocenters. The Morgan fingerprint density at radius 1 is 1.13 bits per heavy atom. The van der Waals surface area contributed by atoms with Crippen LogP contribution in [-0.2, 0) is 6.42 Å². The van der Waals surface area contributed by atoms with Gasteiger partial charge in [0.25, 0.3) is 0 Å². The van der Waals surface area contributed by atoms with Crippen LogP contribution in [0.3, 0.4) is 0 Å². The maximum Gasteiger partial charge on any atom is 1.00 e. The summed E-state index contributed by atoms with van der Waals surface area (Å²) in [5.74, 6) is -1.71. The van der Waals surface area contributed by atoms with Crippen molar-refractivity contribution in [1.29, 1.82) is 0 Å². The van der Waals surface area contributed by atoms with Gasteiger partial charge in [0, 0.05) is 21.4 Å². The van der Waals surface area contributed by atoms with Gasteiger partial charge in [0.15, 0.2) is 17.0 Å². The van der Waals surface area contributed by atoms with Crippen molar-refractivity contribution in [2.75, 3.05) is 6.61 Å². The van der Waals surface area contributed by atoms with Crippen molar-refractivity contribution in [1.82, 2.24) is 0 Å². The number of Topliss-reactive ketones (excluding diaryl/α,β-unsaturated/α-hetero) is 1. The normalized spacial score (nSPS) is 12.8. The number of aliphatic hydroxyl groups is 1. The van der Waals surface area contributed by atoms with Gasteiger partial charge in [-0.25, -0.2) is 0 Å². The number of aromatic hydroxyl groups is 1. The fraction of sp³-hybridized carbons (Fsp3) is 0.286. The van der Waals surface area contributed by atoms with Crippen molar-refractivity contribution < 1.29 is 63.6 Å². The largest absolute Gasteiger partial charge is 1.00 e. The summed E-state index contributed by atoms with van der Waals surface area (Å²) in [6.07, 6.45) is 10.7. The quantitative estimate of drug-likeness (QED) is 0.0576. The van der Waals surface area contributed by atoms with E-state index in [-0.39, 0.29) is 52.1 Å². The fourth-order valence-corrected chi connectivity index (χ4v) is 7.01. The molecule has 12 heteroatoms. The average Bonchev–Trinajstić information content (AvgIpc) is 3.46. The molecule has 0 aliphatic rings. The molecule has 2 unspecified atom stereocenters. The summed E-state index contributed by atoms with van der Waals surface area (Å²) in [6.45, 7) is 3.91. The number of rotatable bonds is 16. The van der Waals surface area contributed by atoms with Crippen molar-refractivity contribution in [3.63, 3.8) is 0 Å². The minimum Gasteiger partial charge on any atom is -0.542 e. The third kappa shape index (κ3) is 10.6. The van der Waals surface area contributed by atoms with Crippen molar-refractivity contribution in [3.8, 4) is 11.5 Å². The van der Waals surface area contributed by atoms with Gasteiger partial charge in [-0.15, -0.1) is 23.1 Å². The minimum atomic E-state index is -1.58. The maximum absolute atomic E-state index is 12.3. The molecule has 4 aromatic rings. The molecule has 0 aliphatic carbocycles. The van der Waals surface area contributed by atoms with Crippen molar-refractivity contribution in [3.05, 3.63) is 109 Å². The summed E-state index contributed by atoms with van der Waals surface area (Å²) < 4.78 is 11.9. The van der Waals surface area contributed by atoms with Crippen LogP contribution in [0.1, 0.15) is 77.0 Å². The molecular weight excluding hydrogens is 671 g/mol. The third-order valence-corrected chi connectivity index (χ3v) is 9.58. The number of phenols is 1. The second-order valence-electron chi connectivity index (χ2n) is 10.5. The summed E-state index contributed by atoms with van der Waals surface area (Å²) in [6, 6.07) is 12.6. The van der Waals surface area contributed by atoms with Crippen LogP contribution >= 0.6 is 34.7 Å². The van der Waals surface area contributed by atoms with E-state index in [1.54, 1.807) is 42.5 Å². The summed E-state index contributed by atoms with van der Waals surface area (Å²) in [7, 11) is 0. The average molecular weight is 705 g/mol. The van der Waals surface area contributed by atoms with Crippen molar-refractivity contribution in [2.24, 2.45) is 0 Å². The van der Waals surface area contributed by atoms with Crippen LogP contribution in [0.25, 0.3) is 11.0 Å². The van der Waals surface area contributed by atoms with Crippen molar-refractivity contribution >= 4 is 57.4 Å². The standard InChI is InChI=1S/C35H35ClO8S2.Na/c1-3-10-25-27(15-14-23(21(2)37)33(25)39)43-18-9-7-5-4-6-8-11-30(34(40)31-16-17-32(36)46-31)45-22-12-13-24-26(38)20-29(35(41)42)44-28(24)19-22;/h4,6,8,11-17,19-20,30,34,39-40H,3,5,7,9-10,18H2,1-2H3,(H,41,42);/q;+1/p-1/b6-4-,11-8+;. The monoisotopic (exact) mass is 704 g/mol. The van der Waals surface area contributed by atoms with E-state index in [9.17, 15) is 29.7 Å². The number of thioether (sulfide) groups is 1. The Morgan fingerprint density at radius 3 is 2.60 bits per heavy atom. The number of benzene rings is 2. The molecule has 2 N–H and O–H groups in total. The number of unbranched alkanes of at least 4 members (excludes halogenated alkanes) is 2. The van der Waals surface area contributed by atoms with Gasteiger partial charge in [-0.3, -0.25) is 9.59 Å². The van der Waals surface area contributed by atoms with Gasteiger partial charge in [0.05, 0.1) is 27.1 Å². The Kier molecular flexibility index (Phi) is 15.3. The Bertz CT molecular complexity index is 1810. The van der Waals surface area contributed by atoms with E-state index < -0.39 is 28.5 Å². The van der Waals surface area contributed by atoms with Gasteiger partial charge in [-0.2, -0.15) is 0 Å². The molecule has 2 heterocycles. The Hall–Kier alpha value is -2.83. The van der Waals surface area contributed by atoms with E-state index in [0.717, 1.165) is 31.7 Å². The molecule has 0 amide bonds. The molecule has 4 rings (SSSR count). The SMILES string of the molecule is CCCc1c(OCCCC/C=C\C=C\C(Sc2ccc3c(=O)cc(C(=O)[O-])oc3c2)C(O)c2ccc(Cl)s2)ccc(C(C)=O)c1O.[Na+]. The van der Waals surface area contributed by atoms with Gasteiger partial charge in [-0.05, 0) is 75.1 Å². The van der Waals surface area contributed by atoms with Crippen LogP contribution in [-0.4, -0.2) is 33.8 Å². The number of phenolic OH excluding ortho intramolecular Hbond substituents is 1. The third-order valence-electron chi connectivity index (χ3n) is 7.06. The number of allylic oxidation sites excluding steroid dienone is 3. The zero-order valence-electron chi connectivity index (χ0n) is 26.4. The number of aromatic carboxylic acids is 1. The zero-order chi connectivity index (χ0) is 33.2. The number of fused-ring (bicyclic) bond motifs is 1. The number of aliphatic hydroxyl groups excluding tert-OH is 1. The van der Waals surface area contributed by atoms with Gasteiger partial charge in [-0.1, -0.05) is 49.2 Å². The number of carbonyl (C=O) groups is 2. The summed E-state index contributed by atoms with van der Waals surface area (Å²) in [5.41, 5.74) is 0.597. The molecule has 2 aromatic heterocycles. The first-order valence-electron chi connectivity index (χ1n) is 14.8. The smallest absolute Gasteiger partial charge is 0.542 e. The first-order chi connectivity index (χ1) is 22.1. The Labute approximate surface area is 308 Å². The molecule has 0 aliphatic heterocycles. The molecule has 2 aromatic carbocycles. The Morgan fingerprint density at radius 2 is 1.91 bits per heavy atom. The number of halogens is 1. The summed E-state index contributed by atoms with van der Waals surface area (Å²) in [4.78, 5) is 36.7. The zero-order valence-corrected chi connectivity index (χ0v) is 30.8. The number of hydrogen-bond donors (Lipinski definition) is 2. The van der Waals surface area contributed by atoms with Gasteiger partial charge in [0.1, 0.15) is 29.2 Å². The molecule has 8 nitrogen and oxygen atoms in total. The van der Waals surface area contributed by atoms with Crippen molar-refractivity contribution in [2.45, 2.75) is 62.2 Å². The van der Waals surface area contributed by atoms with Gasteiger partial charge < -0.3 is 29.3 Å². The molecule has 0 radical (unpaired) electrons. The number of hydrogen-bond acceptors (Lipinski definition) is 10. The van der Waals surface area contributed by atoms with E-state index in [0.29, 0.717) is 44.0 Å². The van der Waals surface area contributed by atoms with E-state index in [4.69, 9.17) is 20.8 Å². The van der Waals surface area contributed by atoms with E-state index in [1.807, 2.05) is 31.2 Å². The predicted octanol–water partition coefficient (Wildman–Crippen LogP) is 4.29. The molecule has 0 bridgehead atoms. The molecule has 0 fully saturated rings. The molecule has 47 heavy (non-hydrogen) atoms. The van der Waals surface area contributed by atoms with Crippen LogP contribution in [0, 0.1) is 0 Å². The van der Waals surface area contributed by atoms with E-state index in [1.165, 1.54) is 30.0 Å². The maximum atomic E-state index is 12.3. The number of ether oxygens (including phenoxy) is 1. The summed E-state index contributed by atoms with van der Waals surface area (Å²) in [5, 5.41) is 32.8. The van der Waals surface area contributed by atoms with Crippen LogP contribution in [0.5, 0.6) is 11.5 Å². The van der Waals surface area contributed by atoms with Crippen LogP contribution < -0.4 is 44.8 Å². The first kappa shape index (κ1) is 38.6. The number of carboxylic acid groups (broad SMARTS) is 1. The summed E-state index contributed by atoms with van der Waals surface area (Å²) >= 11 is 8.73. The van der Waals surface area contributed by atoms with Crippen LogP contribution in [0.2, 0.25) is 4.34 Å². The van der Waals surface area contributed by atoms with Gasteiger partial charge in [0.2, 0.25) is 0 Å². The number of carbonyl (C=O) groups excluding carboxylic acids is 2. The fourth-order valence-electron chi connectivity index (χ4n) is 4.75. The molecule has 0 saturated heterocycles. The first-order valence-corrected chi connectivity index (χ1v) is 16.9. The molecule has 242 valence electrons. The second kappa shape index (κ2) is 18.6. The van der Waals surface area contributed by atoms with Crippen LogP contribution in [0.15, 0.2) is 86.9 Å². The minimum absolute atomic E-state index is 0. The van der Waals surface area contributed by atoms with Crippen LogP contribution in [0.4, 0.5) is 0 Å². The topological polar surface area (TPSA) is 137 Å². The Balaban J connectivity index is 0.00000600. The number of ketones is 1. The van der Waals surface area contributed by atoms with E-state index in [2.05, 4.69) is 0 Å². The molecular formula is C35H34ClNaO8S2. The van der Waals surface area contributed by atoms with E-state index >= 15 is 0 Å². The molecule has 0 saturated carbocycles.